The minimum atomic E-state index is -0.239. The molecule has 3 rings (SSSR count). The van der Waals surface area contributed by atoms with E-state index in [2.05, 4.69) is 16.0 Å². The molecule has 1 saturated heterocycles. The van der Waals surface area contributed by atoms with Crippen LogP contribution in [0.1, 0.15) is 31.0 Å². The molecule has 1 aromatic rings. The molecule has 0 unspecified atom stereocenters. The van der Waals surface area contributed by atoms with Crippen LogP contribution in [0.2, 0.25) is 0 Å². The summed E-state index contributed by atoms with van der Waals surface area (Å²) in [6.07, 6.45) is 1.03. The number of nitrogens with one attached hydrogen (secondary N) is 3. The van der Waals surface area contributed by atoms with Crippen LogP contribution in [-0.4, -0.2) is 42.6 Å². The van der Waals surface area contributed by atoms with E-state index in [-0.39, 0.29) is 42.4 Å². The summed E-state index contributed by atoms with van der Waals surface area (Å²) in [4.78, 5) is 35.0. The average molecular weight is 355 g/mol. The lowest BCUT2D eigenvalue weighted by atomic mass is 9.79. The van der Waals surface area contributed by atoms with Crippen molar-refractivity contribution in [3.05, 3.63) is 34.2 Å². The summed E-state index contributed by atoms with van der Waals surface area (Å²) in [5.41, 5.74) is 1.03. The Hall–Kier alpha value is -1.86. The number of carbonyl (C=O) groups excluding carboxylic acids is 2. The number of hydrogen-bond donors (Lipinski definition) is 3. The number of halogens is 1. The van der Waals surface area contributed by atoms with Gasteiger partial charge in [0.2, 0.25) is 11.8 Å². The number of fused-ring (bicyclic) bond motifs is 4. The molecule has 3 atom stereocenters. The normalized spacial score (nSPS) is 24.3. The Balaban J connectivity index is 0.00000208. The quantitative estimate of drug-likeness (QED) is 0.696. The summed E-state index contributed by atoms with van der Waals surface area (Å²) < 4.78 is 1.85. The molecular formula is C16H23ClN4O3. The molecule has 24 heavy (non-hydrogen) atoms. The van der Waals surface area contributed by atoms with Crippen molar-refractivity contribution < 1.29 is 9.59 Å². The number of piperidine rings is 1. The van der Waals surface area contributed by atoms with Gasteiger partial charge in [0.1, 0.15) is 0 Å². The predicted molar refractivity (Wildman–Crippen MR) is 92.4 cm³/mol. The van der Waals surface area contributed by atoms with Crippen LogP contribution in [-0.2, 0) is 9.59 Å². The molecule has 2 aliphatic heterocycles. The van der Waals surface area contributed by atoms with Crippen molar-refractivity contribution in [1.29, 1.82) is 0 Å². The van der Waals surface area contributed by atoms with Gasteiger partial charge in [0.05, 0.1) is 12.6 Å². The molecule has 2 aliphatic rings. The second-order valence-corrected chi connectivity index (χ2v) is 6.29. The van der Waals surface area contributed by atoms with Crippen molar-refractivity contribution in [2.24, 2.45) is 5.92 Å². The Labute approximate surface area is 146 Å². The molecular weight excluding hydrogens is 332 g/mol. The Morgan fingerprint density at radius 2 is 2.08 bits per heavy atom. The molecule has 3 heterocycles. The van der Waals surface area contributed by atoms with E-state index >= 15 is 0 Å². The van der Waals surface area contributed by atoms with E-state index < -0.39 is 0 Å². The largest absolute Gasteiger partial charge is 0.352 e. The third-order valence-electron chi connectivity index (χ3n) is 4.71. The summed E-state index contributed by atoms with van der Waals surface area (Å²) in [7, 11) is 0. The van der Waals surface area contributed by atoms with Crippen LogP contribution in [0.15, 0.2) is 23.0 Å². The minimum absolute atomic E-state index is 0. The Morgan fingerprint density at radius 1 is 1.29 bits per heavy atom. The second-order valence-electron chi connectivity index (χ2n) is 6.29. The van der Waals surface area contributed by atoms with Gasteiger partial charge in [0.15, 0.2) is 0 Å². The average Bonchev–Trinajstić information content (AvgIpc) is 2.54. The van der Waals surface area contributed by atoms with E-state index in [0.29, 0.717) is 18.4 Å². The maximum atomic E-state index is 12.3. The minimum Gasteiger partial charge on any atom is -0.352 e. The smallest absolute Gasteiger partial charge is 0.251 e. The lowest BCUT2D eigenvalue weighted by molar-refractivity contribution is -0.125. The fraction of sp³-hybridized carbons (Fsp3) is 0.562. The molecule has 0 aliphatic carbocycles. The third-order valence-corrected chi connectivity index (χ3v) is 4.71. The van der Waals surface area contributed by atoms with Gasteiger partial charge in [-0.2, -0.15) is 0 Å². The highest BCUT2D eigenvalue weighted by Gasteiger charge is 2.37. The summed E-state index contributed by atoms with van der Waals surface area (Å²) in [5.74, 6) is 0.201. The van der Waals surface area contributed by atoms with Gasteiger partial charge in [-0.05, 0) is 18.4 Å². The first-order chi connectivity index (χ1) is 11.1. The molecule has 2 bridgehead atoms. The van der Waals surface area contributed by atoms with Gasteiger partial charge in [-0.15, -0.1) is 12.4 Å². The number of carbonyl (C=O) groups is 2. The molecule has 1 aromatic heterocycles. The van der Waals surface area contributed by atoms with Crippen LogP contribution >= 0.6 is 12.4 Å². The Bertz CT molecular complexity index is 676. The van der Waals surface area contributed by atoms with Crippen molar-refractivity contribution >= 4 is 24.2 Å². The zero-order valence-corrected chi connectivity index (χ0v) is 14.4. The van der Waals surface area contributed by atoms with Crippen molar-refractivity contribution in [3.63, 3.8) is 0 Å². The Kier molecular flexibility index (Phi) is 6.01. The van der Waals surface area contributed by atoms with Crippen LogP contribution in [0.4, 0.5) is 0 Å². The van der Waals surface area contributed by atoms with Gasteiger partial charge in [0, 0.05) is 44.2 Å². The van der Waals surface area contributed by atoms with Crippen molar-refractivity contribution in [3.8, 4) is 0 Å². The highest BCUT2D eigenvalue weighted by Crippen LogP contribution is 2.37. The lowest BCUT2D eigenvalue weighted by Crippen LogP contribution is -2.51. The van der Waals surface area contributed by atoms with Gasteiger partial charge < -0.3 is 20.5 Å². The van der Waals surface area contributed by atoms with Crippen molar-refractivity contribution in [2.45, 2.75) is 25.3 Å². The van der Waals surface area contributed by atoms with Gasteiger partial charge in [0.25, 0.3) is 5.56 Å². The topological polar surface area (TPSA) is 92.2 Å². The van der Waals surface area contributed by atoms with Crippen LogP contribution in [0, 0.1) is 5.92 Å². The zero-order chi connectivity index (χ0) is 16.4. The third kappa shape index (κ3) is 3.79. The van der Waals surface area contributed by atoms with Gasteiger partial charge >= 0.3 is 0 Å². The van der Waals surface area contributed by atoms with E-state index in [4.69, 9.17) is 0 Å². The number of rotatable bonds is 4. The molecule has 3 N–H and O–H groups in total. The maximum absolute atomic E-state index is 12.3. The number of nitrogens with zero attached hydrogens (tertiary/aromatic N) is 1. The SMILES string of the molecule is CC(=O)NCC(=O)NC[C@H]1[C@@H]2CNC[C@@H](C2)c2cccc(=O)n21.Cl. The van der Waals surface area contributed by atoms with Gasteiger partial charge in [-0.3, -0.25) is 14.4 Å². The molecule has 0 radical (unpaired) electrons. The van der Waals surface area contributed by atoms with Crippen molar-refractivity contribution in [1.82, 2.24) is 20.5 Å². The molecule has 0 spiro atoms. The first kappa shape index (κ1) is 18.5. The van der Waals surface area contributed by atoms with E-state index in [1.165, 1.54) is 6.92 Å². The summed E-state index contributed by atoms with van der Waals surface area (Å²) >= 11 is 0. The Morgan fingerprint density at radius 3 is 2.83 bits per heavy atom. The number of amides is 2. The number of pyridine rings is 1. The highest BCUT2D eigenvalue weighted by atomic mass is 35.5. The van der Waals surface area contributed by atoms with E-state index in [1.54, 1.807) is 12.1 Å². The van der Waals surface area contributed by atoms with E-state index in [1.807, 2.05) is 10.6 Å². The van der Waals surface area contributed by atoms with Crippen LogP contribution in [0.5, 0.6) is 0 Å². The fourth-order valence-electron chi connectivity index (χ4n) is 3.65. The number of aromatic nitrogens is 1. The standard InChI is InChI=1S/C16H22N4O3.ClH/c1-10(21)18-9-15(22)19-8-14-12-5-11(6-17-7-12)13-3-2-4-16(23)20(13)14;/h2-4,11-12,14,17H,5-9H2,1H3,(H,18,21)(H,19,22);1H/t11-,12+,14+;/m1./s1. The van der Waals surface area contributed by atoms with Crippen LogP contribution < -0.4 is 21.5 Å². The first-order valence-corrected chi connectivity index (χ1v) is 7.99. The fourth-order valence-corrected chi connectivity index (χ4v) is 3.65. The summed E-state index contributed by atoms with van der Waals surface area (Å²) in [6, 6.07) is 5.32. The monoisotopic (exact) mass is 354 g/mol. The molecule has 7 nitrogen and oxygen atoms in total. The highest BCUT2D eigenvalue weighted by molar-refractivity contribution is 5.85. The van der Waals surface area contributed by atoms with Gasteiger partial charge in [-0.25, -0.2) is 0 Å². The molecule has 0 saturated carbocycles. The summed E-state index contributed by atoms with van der Waals surface area (Å²) in [6.45, 7) is 3.47. The van der Waals surface area contributed by atoms with Gasteiger partial charge in [-0.1, -0.05) is 6.07 Å². The van der Waals surface area contributed by atoms with Crippen LogP contribution in [0.25, 0.3) is 0 Å². The predicted octanol–water partition coefficient (Wildman–Crippen LogP) is -0.230. The summed E-state index contributed by atoms with van der Waals surface area (Å²) in [5, 5.41) is 8.73. The molecule has 0 aromatic carbocycles. The van der Waals surface area contributed by atoms with Crippen LogP contribution in [0.3, 0.4) is 0 Å². The van der Waals surface area contributed by atoms with E-state index in [0.717, 1.165) is 25.2 Å². The molecule has 2 amide bonds. The maximum Gasteiger partial charge on any atom is 0.251 e. The van der Waals surface area contributed by atoms with E-state index in [9.17, 15) is 14.4 Å². The molecule has 8 heteroatoms. The zero-order valence-electron chi connectivity index (χ0n) is 13.6. The molecule has 132 valence electrons. The number of hydrogen-bond acceptors (Lipinski definition) is 4. The molecule has 1 fully saturated rings. The lowest BCUT2D eigenvalue weighted by Gasteiger charge is -2.43. The van der Waals surface area contributed by atoms with Crippen molar-refractivity contribution in [2.75, 3.05) is 26.2 Å². The second kappa shape index (κ2) is 7.81. The first-order valence-electron chi connectivity index (χ1n) is 7.99.